The third-order valence-electron chi connectivity index (χ3n) is 0.215. The van der Waals surface area contributed by atoms with Crippen LogP contribution in [0.4, 0.5) is 0 Å². The zero-order chi connectivity index (χ0) is 4.99. The lowest BCUT2D eigenvalue weighted by molar-refractivity contribution is 1.56. The molecule has 6 heavy (non-hydrogen) atoms. The van der Waals surface area contributed by atoms with E-state index in [2.05, 4.69) is 11.6 Å². The first kappa shape index (κ1) is 5.50. The van der Waals surface area contributed by atoms with Crippen molar-refractivity contribution in [3.05, 3.63) is 12.8 Å². The molecule has 2 nitrogen and oxygen atoms in total. The molecular formula is C3H5ClN2. The van der Waals surface area contributed by atoms with Crippen molar-refractivity contribution in [1.29, 1.82) is 0 Å². The third kappa shape index (κ3) is 3.50. The Labute approximate surface area is 41.3 Å². The minimum Gasteiger partial charge on any atom is -0.374 e. The van der Waals surface area contributed by atoms with Crippen LogP contribution in [0.1, 0.15) is 0 Å². The Morgan fingerprint density at radius 2 is 2.50 bits per heavy atom. The van der Waals surface area contributed by atoms with E-state index in [0.717, 1.165) is 0 Å². The van der Waals surface area contributed by atoms with Crippen LogP contribution in [0.3, 0.4) is 0 Å². The van der Waals surface area contributed by atoms with Crippen molar-refractivity contribution in [2.75, 3.05) is 0 Å². The lowest BCUT2D eigenvalue weighted by atomic mass is 11.0. The Morgan fingerprint density at radius 3 is 2.50 bits per heavy atom. The number of halogens is 1. The molecule has 0 aliphatic carbocycles. The largest absolute Gasteiger partial charge is 0.374 e. The second-order valence-electron chi connectivity index (χ2n) is 0.634. The van der Waals surface area contributed by atoms with Gasteiger partial charge < -0.3 is 5.73 Å². The van der Waals surface area contributed by atoms with E-state index in [-0.39, 0.29) is 5.29 Å². The second-order valence-corrected chi connectivity index (χ2v) is 1.02. The molecule has 0 rings (SSSR count). The number of hydrogen-bond donors (Lipinski definition) is 1. The van der Waals surface area contributed by atoms with E-state index in [1.165, 1.54) is 6.20 Å². The fourth-order valence-electron chi connectivity index (χ4n) is 0.0872. The number of nitrogens with zero attached hydrogens (tertiary/aromatic N) is 1. The fraction of sp³-hybridized carbons (Fsp3) is 0. The van der Waals surface area contributed by atoms with Gasteiger partial charge in [0, 0.05) is 6.20 Å². The predicted molar refractivity (Wildman–Crippen MR) is 27.7 cm³/mol. The van der Waals surface area contributed by atoms with Crippen molar-refractivity contribution in [1.82, 2.24) is 0 Å². The summed E-state index contributed by atoms with van der Waals surface area (Å²) >= 11 is 5.03. The molecule has 0 radical (unpaired) electrons. The summed E-state index contributed by atoms with van der Waals surface area (Å²) in [6.07, 6.45) is 1.28. The standard InChI is InChI=1S/C3H5ClN2/c1-2-6-3(4)5/h2H,1H2,(H2,5,6). The second kappa shape index (κ2) is 2.72. The number of nitrogens with two attached hydrogens (primary N) is 1. The van der Waals surface area contributed by atoms with E-state index >= 15 is 0 Å². The number of amidine groups is 1. The summed E-state index contributed by atoms with van der Waals surface area (Å²) in [4.78, 5) is 3.35. The van der Waals surface area contributed by atoms with Gasteiger partial charge in [-0.15, -0.1) is 0 Å². The van der Waals surface area contributed by atoms with Crippen LogP contribution >= 0.6 is 11.6 Å². The summed E-state index contributed by atoms with van der Waals surface area (Å²) in [5.41, 5.74) is 4.85. The average Bonchev–Trinajstić information content (AvgIpc) is 1.35. The summed E-state index contributed by atoms with van der Waals surface area (Å²) in [7, 11) is 0. The van der Waals surface area contributed by atoms with Crippen molar-refractivity contribution < 1.29 is 0 Å². The molecule has 0 saturated carbocycles. The first-order valence-corrected chi connectivity index (χ1v) is 1.75. The summed E-state index contributed by atoms with van der Waals surface area (Å²) in [6, 6.07) is 0. The highest BCUT2D eigenvalue weighted by Crippen LogP contribution is 1.73. The lowest BCUT2D eigenvalue weighted by Gasteiger charge is -1.74. The van der Waals surface area contributed by atoms with E-state index in [1.807, 2.05) is 0 Å². The zero-order valence-corrected chi connectivity index (χ0v) is 3.94. The van der Waals surface area contributed by atoms with Gasteiger partial charge >= 0.3 is 0 Å². The normalized spacial score (nSPS) is 11.2. The highest BCUT2D eigenvalue weighted by atomic mass is 35.5. The van der Waals surface area contributed by atoms with E-state index < -0.39 is 0 Å². The van der Waals surface area contributed by atoms with E-state index in [4.69, 9.17) is 17.3 Å². The maximum atomic E-state index is 5.03. The van der Waals surface area contributed by atoms with Crippen molar-refractivity contribution in [2.45, 2.75) is 0 Å². The maximum Gasteiger partial charge on any atom is 0.193 e. The van der Waals surface area contributed by atoms with Crippen molar-refractivity contribution in [2.24, 2.45) is 10.7 Å². The summed E-state index contributed by atoms with van der Waals surface area (Å²) in [5, 5.41) is 0.0185. The molecule has 0 unspecified atom stereocenters. The van der Waals surface area contributed by atoms with Gasteiger partial charge in [-0.3, -0.25) is 0 Å². The quantitative estimate of drug-likeness (QED) is 0.297. The molecule has 0 amide bonds. The zero-order valence-electron chi connectivity index (χ0n) is 3.19. The molecule has 0 spiro atoms. The van der Waals surface area contributed by atoms with Gasteiger partial charge in [0.1, 0.15) is 0 Å². The molecule has 0 bridgehead atoms. The summed E-state index contributed by atoms with van der Waals surface area (Å²) in [5.74, 6) is 0. The number of aliphatic imine (C=N–C) groups is 1. The molecule has 0 atom stereocenters. The van der Waals surface area contributed by atoms with Crippen LogP contribution in [0.2, 0.25) is 0 Å². The van der Waals surface area contributed by atoms with Crippen LogP contribution in [0, 0.1) is 0 Å². The molecule has 0 aromatic heterocycles. The van der Waals surface area contributed by atoms with Crippen LogP contribution in [-0.4, -0.2) is 5.29 Å². The Balaban J connectivity index is 3.41. The molecule has 0 aromatic carbocycles. The molecule has 0 aromatic rings. The smallest absolute Gasteiger partial charge is 0.193 e. The van der Waals surface area contributed by atoms with Gasteiger partial charge in [0.15, 0.2) is 5.29 Å². The Hall–Kier alpha value is -0.500. The van der Waals surface area contributed by atoms with Gasteiger partial charge in [-0.05, 0) is 11.6 Å². The molecule has 3 heteroatoms. The first-order valence-electron chi connectivity index (χ1n) is 1.37. The molecule has 0 aliphatic heterocycles. The molecular weight excluding hydrogens is 99.5 g/mol. The topological polar surface area (TPSA) is 38.4 Å². The van der Waals surface area contributed by atoms with Gasteiger partial charge in [-0.25, -0.2) is 4.99 Å². The Bertz CT molecular complexity index is 72.9. The van der Waals surface area contributed by atoms with Crippen LogP contribution < -0.4 is 5.73 Å². The van der Waals surface area contributed by atoms with Crippen molar-refractivity contribution >= 4 is 16.9 Å². The number of rotatable bonds is 1. The van der Waals surface area contributed by atoms with Gasteiger partial charge in [0.25, 0.3) is 0 Å². The molecule has 0 heterocycles. The Morgan fingerprint density at radius 1 is 2.00 bits per heavy atom. The van der Waals surface area contributed by atoms with Gasteiger partial charge in [-0.2, -0.15) is 0 Å². The lowest BCUT2D eigenvalue weighted by Crippen LogP contribution is -1.99. The Kier molecular flexibility index (Phi) is 2.50. The molecule has 34 valence electrons. The van der Waals surface area contributed by atoms with Gasteiger partial charge in [-0.1, -0.05) is 6.58 Å². The molecule has 0 aliphatic rings. The monoisotopic (exact) mass is 104 g/mol. The highest BCUT2D eigenvalue weighted by molar-refractivity contribution is 6.64. The first-order chi connectivity index (χ1) is 2.77. The average molecular weight is 105 g/mol. The summed E-state index contributed by atoms with van der Waals surface area (Å²) in [6.45, 7) is 3.25. The summed E-state index contributed by atoms with van der Waals surface area (Å²) < 4.78 is 0. The van der Waals surface area contributed by atoms with E-state index in [1.54, 1.807) is 0 Å². The van der Waals surface area contributed by atoms with Gasteiger partial charge in [0.2, 0.25) is 0 Å². The maximum absolute atomic E-state index is 5.03. The third-order valence-corrected chi connectivity index (χ3v) is 0.312. The number of hydrogen-bond acceptors (Lipinski definition) is 1. The van der Waals surface area contributed by atoms with Crippen molar-refractivity contribution in [3.8, 4) is 0 Å². The molecule has 0 saturated heterocycles. The van der Waals surface area contributed by atoms with E-state index in [0.29, 0.717) is 0 Å². The minimum absolute atomic E-state index is 0.0185. The van der Waals surface area contributed by atoms with E-state index in [9.17, 15) is 0 Å². The predicted octanol–water partition coefficient (Wildman–Crippen LogP) is 0.683. The molecule has 0 fully saturated rings. The van der Waals surface area contributed by atoms with Crippen LogP contribution in [-0.2, 0) is 0 Å². The minimum atomic E-state index is 0.0185. The van der Waals surface area contributed by atoms with Crippen LogP contribution in [0.25, 0.3) is 0 Å². The van der Waals surface area contributed by atoms with Crippen molar-refractivity contribution in [3.63, 3.8) is 0 Å². The van der Waals surface area contributed by atoms with Crippen LogP contribution in [0.5, 0.6) is 0 Å². The molecule has 2 N–H and O–H groups in total. The SMILES string of the molecule is C=CN=C(N)Cl. The fourth-order valence-corrected chi connectivity index (χ4v) is 0.156. The highest BCUT2D eigenvalue weighted by Gasteiger charge is 1.68. The van der Waals surface area contributed by atoms with Gasteiger partial charge in [0.05, 0.1) is 0 Å². The van der Waals surface area contributed by atoms with Crippen LogP contribution in [0.15, 0.2) is 17.8 Å².